The van der Waals surface area contributed by atoms with E-state index >= 15 is 0 Å². The van der Waals surface area contributed by atoms with E-state index in [1.54, 1.807) is 48.7 Å². The molecule has 1 unspecified atom stereocenters. The number of hydrogen-bond donors (Lipinski definition) is 0. The molecule has 1 saturated heterocycles. The number of fused-ring (bicyclic) bond motifs is 1. The minimum absolute atomic E-state index is 0.0532. The van der Waals surface area contributed by atoms with E-state index in [1.807, 2.05) is 18.2 Å². The largest absolute Gasteiger partial charge is 0.495 e. The fourth-order valence-corrected chi connectivity index (χ4v) is 8.19. The summed E-state index contributed by atoms with van der Waals surface area (Å²) in [5.41, 5.74) is 2.79. The predicted molar refractivity (Wildman–Crippen MR) is 146 cm³/mol. The smallest absolute Gasteiger partial charge is 0.254 e. The Morgan fingerprint density at radius 1 is 1.03 bits per heavy atom. The molecule has 1 aromatic heterocycles. The molecule has 2 aliphatic rings. The summed E-state index contributed by atoms with van der Waals surface area (Å²) in [6.07, 6.45) is 1.64. The Bertz CT molecular complexity index is 1660. The minimum atomic E-state index is -3.93. The lowest BCUT2D eigenvalue weighted by molar-refractivity contribution is 0.0730. The molecule has 1 atom stereocenters. The van der Waals surface area contributed by atoms with E-state index in [-0.39, 0.29) is 43.6 Å². The fourth-order valence-electron chi connectivity index (χ4n) is 4.79. The van der Waals surface area contributed by atoms with Gasteiger partial charge in [-0.15, -0.1) is 0 Å². The molecule has 1 amide bonds. The average Bonchev–Trinajstić information content (AvgIpc) is 2.95. The number of methoxy groups -OCH3 is 1. The summed E-state index contributed by atoms with van der Waals surface area (Å²) in [5.74, 6) is 5.73. The zero-order valence-corrected chi connectivity index (χ0v) is 22.9. The fraction of sp³-hybridized carbons (Fsp3) is 0.286. The van der Waals surface area contributed by atoms with Gasteiger partial charge in [-0.2, -0.15) is 4.31 Å². The molecule has 0 spiro atoms. The highest BCUT2D eigenvalue weighted by Gasteiger charge is 2.41. The zero-order valence-electron chi connectivity index (χ0n) is 21.3. The SMILES string of the molecule is COc1ccc(C(=O)N2Cc3ccccc3C(S(=O)(=O)N3CCS(=O)(=O)CC3)C2)cc1C#Cc1ccccn1. The highest BCUT2D eigenvalue weighted by molar-refractivity contribution is 7.92. The van der Waals surface area contributed by atoms with Crippen molar-refractivity contribution < 1.29 is 26.4 Å². The van der Waals surface area contributed by atoms with Gasteiger partial charge in [0.25, 0.3) is 5.91 Å². The quantitative estimate of drug-likeness (QED) is 0.446. The molecule has 0 aliphatic carbocycles. The van der Waals surface area contributed by atoms with Crippen LogP contribution in [0.4, 0.5) is 0 Å². The standard InChI is InChI=1S/C28H27N3O6S2/c1-37-26-12-10-22(18-21(26)9-11-24-7-4-5-13-29-24)28(32)30-19-23-6-2-3-8-25(23)27(20-30)39(35,36)31-14-16-38(33,34)17-15-31/h2-8,10,12-13,18,27H,14-17,19-20H2,1H3. The van der Waals surface area contributed by atoms with Crippen molar-refractivity contribution in [3.05, 3.63) is 94.8 Å². The first kappa shape index (κ1) is 26.9. The second-order valence-electron chi connectivity index (χ2n) is 9.35. The number of pyridine rings is 1. The van der Waals surface area contributed by atoms with Crippen LogP contribution >= 0.6 is 0 Å². The van der Waals surface area contributed by atoms with Crippen LogP contribution in [0.15, 0.2) is 66.9 Å². The van der Waals surface area contributed by atoms with Crippen molar-refractivity contribution in [2.45, 2.75) is 11.8 Å². The normalized spacial score (nSPS) is 18.9. The van der Waals surface area contributed by atoms with E-state index in [4.69, 9.17) is 4.74 Å². The summed E-state index contributed by atoms with van der Waals surface area (Å²) in [6, 6.07) is 17.5. The molecule has 2 aromatic carbocycles. The summed E-state index contributed by atoms with van der Waals surface area (Å²) >= 11 is 0. The van der Waals surface area contributed by atoms with E-state index in [2.05, 4.69) is 16.8 Å². The molecular weight excluding hydrogens is 538 g/mol. The van der Waals surface area contributed by atoms with E-state index in [0.29, 0.717) is 28.1 Å². The van der Waals surface area contributed by atoms with Gasteiger partial charge in [-0.3, -0.25) is 4.79 Å². The van der Waals surface area contributed by atoms with E-state index in [9.17, 15) is 21.6 Å². The van der Waals surface area contributed by atoms with Gasteiger partial charge in [0, 0.05) is 37.9 Å². The van der Waals surface area contributed by atoms with Gasteiger partial charge in [-0.1, -0.05) is 36.3 Å². The van der Waals surface area contributed by atoms with Crippen LogP contribution in [0, 0.1) is 11.8 Å². The van der Waals surface area contributed by atoms with Crippen LogP contribution < -0.4 is 4.74 Å². The Morgan fingerprint density at radius 3 is 2.49 bits per heavy atom. The van der Waals surface area contributed by atoms with Crippen LogP contribution in [0.1, 0.15) is 38.0 Å². The van der Waals surface area contributed by atoms with E-state index < -0.39 is 25.1 Å². The Morgan fingerprint density at radius 2 is 1.77 bits per heavy atom. The van der Waals surface area contributed by atoms with E-state index in [0.717, 1.165) is 5.56 Å². The lowest BCUT2D eigenvalue weighted by atomic mass is 9.98. The number of amides is 1. The number of rotatable bonds is 4. The molecule has 0 saturated carbocycles. The van der Waals surface area contributed by atoms with Crippen molar-refractivity contribution in [1.29, 1.82) is 0 Å². The highest BCUT2D eigenvalue weighted by Crippen LogP contribution is 2.35. The highest BCUT2D eigenvalue weighted by atomic mass is 32.2. The van der Waals surface area contributed by atoms with Crippen molar-refractivity contribution in [1.82, 2.24) is 14.2 Å². The topological polar surface area (TPSA) is 114 Å². The van der Waals surface area contributed by atoms with Crippen molar-refractivity contribution >= 4 is 25.8 Å². The molecule has 1 fully saturated rings. The second kappa shape index (κ2) is 10.8. The van der Waals surface area contributed by atoms with Crippen LogP contribution in [0.25, 0.3) is 0 Å². The zero-order chi connectivity index (χ0) is 27.6. The Kier molecular flexibility index (Phi) is 7.44. The number of carbonyl (C=O) groups excluding carboxylic acids is 1. The van der Waals surface area contributed by atoms with Crippen LogP contribution in [0.5, 0.6) is 5.75 Å². The van der Waals surface area contributed by atoms with Gasteiger partial charge >= 0.3 is 0 Å². The van der Waals surface area contributed by atoms with Gasteiger partial charge < -0.3 is 9.64 Å². The maximum Gasteiger partial charge on any atom is 0.254 e. The third kappa shape index (κ3) is 5.68. The Labute approximate surface area is 228 Å². The summed E-state index contributed by atoms with van der Waals surface area (Å²) in [4.78, 5) is 19.4. The lowest BCUT2D eigenvalue weighted by Crippen LogP contribution is -2.49. The molecule has 202 valence electrons. The lowest BCUT2D eigenvalue weighted by Gasteiger charge is -2.37. The Hall–Kier alpha value is -3.72. The number of sulfone groups is 1. The summed E-state index contributed by atoms with van der Waals surface area (Å²) in [5, 5.41) is -1.01. The van der Waals surface area contributed by atoms with Crippen molar-refractivity contribution in [2.24, 2.45) is 0 Å². The molecule has 0 N–H and O–H groups in total. The molecule has 3 aromatic rings. The minimum Gasteiger partial charge on any atom is -0.495 e. The number of nitrogens with zero attached hydrogens (tertiary/aromatic N) is 3. The summed E-state index contributed by atoms with van der Waals surface area (Å²) in [7, 11) is -5.67. The third-order valence-electron chi connectivity index (χ3n) is 6.90. The summed E-state index contributed by atoms with van der Waals surface area (Å²) < 4.78 is 57.9. The first-order valence-corrected chi connectivity index (χ1v) is 15.7. The Balaban J connectivity index is 1.45. The maximum absolute atomic E-state index is 13.7. The van der Waals surface area contributed by atoms with Gasteiger partial charge in [-0.05, 0) is 47.4 Å². The van der Waals surface area contributed by atoms with Crippen LogP contribution in [0.3, 0.4) is 0 Å². The van der Waals surface area contributed by atoms with Gasteiger partial charge in [0.1, 0.15) is 16.7 Å². The number of aromatic nitrogens is 1. The molecule has 2 aliphatic heterocycles. The molecule has 11 heteroatoms. The second-order valence-corrected chi connectivity index (χ2v) is 13.8. The first-order valence-electron chi connectivity index (χ1n) is 12.4. The van der Waals surface area contributed by atoms with Crippen LogP contribution in [-0.4, -0.2) is 75.2 Å². The molecular formula is C28H27N3O6S2. The number of sulfonamides is 1. The molecule has 39 heavy (non-hydrogen) atoms. The monoisotopic (exact) mass is 565 g/mol. The number of benzene rings is 2. The molecule has 3 heterocycles. The summed E-state index contributed by atoms with van der Waals surface area (Å²) in [6.45, 7) is 0.0148. The molecule has 9 nitrogen and oxygen atoms in total. The first-order chi connectivity index (χ1) is 18.7. The van der Waals surface area contributed by atoms with E-state index in [1.165, 1.54) is 16.3 Å². The third-order valence-corrected chi connectivity index (χ3v) is 10.7. The van der Waals surface area contributed by atoms with Crippen molar-refractivity contribution in [3.63, 3.8) is 0 Å². The van der Waals surface area contributed by atoms with Crippen LogP contribution in [0.2, 0.25) is 0 Å². The van der Waals surface area contributed by atoms with Gasteiger partial charge in [0.2, 0.25) is 10.0 Å². The number of carbonyl (C=O) groups is 1. The average molecular weight is 566 g/mol. The van der Waals surface area contributed by atoms with Crippen molar-refractivity contribution in [2.75, 3.05) is 38.2 Å². The van der Waals surface area contributed by atoms with Crippen LogP contribution in [-0.2, 0) is 26.4 Å². The number of hydrogen-bond acceptors (Lipinski definition) is 7. The van der Waals surface area contributed by atoms with Gasteiger partial charge in [-0.25, -0.2) is 21.8 Å². The predicted octanol–water partition coefficient (Wildman–Crippen LogP) is 2.25. The number of ether oxygens (including phenoxy) is 1. The molecule has 5 rings (SSSR count). The van der Waals surface area contributed by atoms with Crippen molar-refractivity contribution in [3.8, 4) is 17.6 Å². The molecule has 0 radical (unpaired) electrons. The maximum atomic E-state index is 13.7. The van der Waals surface area contributed by atoms with Gasteiger partial charge in [0.15, 0.2) is 9.84 Å². The van der Waals surface area contributed by atoms with Gasteiger partial charge in [0.05, 0.1) is 24.2 Å². The molecule has 0 bridgehead atoms.